The first-order valence-electron chi connectivity index (χ1n) is 5.98. The molecule has 1 fully saturated rings. The van der Waals surface area contributed by atoms with Crippen molar-refractivity contribution in [1.29, 1.82) is 0 Å². The summed E-state index contributed by atoms with van der Waals surface area (Å²) in [6, 6.07) is 6.67. The Morgan fingerprint density at radius 3 is 2.95 bits per heavy atom. The molecule has 1 saturated heterocycles. The molecule has 1 atom stereocenters. The minimum Gasteiger partial charge on any atom is -0.378 e. The van der Waals surface area contributed by atoms with Gasteiger partial charge in [-0.25, -0.2) is 0 Å². The van der Waals surface area contributed by atoms with Crippen LogP contribution >= 0.6 is 15.9 Å². The Morgan fingerprint density at radius 1 is 1.47 bits per heavy atom. The number of halogens is 1. The summed E-state index contributed by atoms with van der Waals surface area (Å²) in [6.45, 7) is 1.47. The number of carbonyl (C=O) groups is 2. The first-order chi connectivity index (χ1) is 9.08. The van der Waals surface area contributed by atoms with Gasteiger partial charge in [-0.2, -0.15) is 0 Å². The molecule has 0 spiro atoms. The molecule has 2 N–H and O–H groups in total. The number of nitrogens with zero attached hydrogens (tertiary/aromatic N) is 1. The molecule has 0 aromatic heterocycles. The van der Waals surface area contributed by atoms with Crippen molar-refractivity contribution in [2.45, 2.75) is 6.04 Å². The molecule has 0 saturated carbocycles. The number of hydrogen-bond acceptors (Lipinski definition) is 4. The van der Waals surface area contributed by atoms with Gasteiger partial charge in [0.1, 0.15) is 6.04 Å². The number of amides is 1. The van der Waals surface area contributed by atoms with Crippen LogP contribution in [0.1, 0.15) is 10.4 Å². The van der Waals surface area contributed by atoms with E-state index in [-0.39, 0.29) is 18.9 Å². The van der Waals surface area contributed by atoms with Crippen LogP contribution in [0.5, 0.6) is 0 Å². The summed E-state index contributed by atoms with van der Waals surface area (Å²) in [7, 11) is 0. The predicted octanol–water partition coefficient (Wildman–Crippen LogP) is 0.818. The number of ketones is 1. The zero-order valence-electron chi connectivity index (χ0n) is 10.3. The van der Waals surface area contributed by atoms with Crippen LogP contribution in [0.2, 0.25) is 0 Å². The van der Waals surface area contributed by atoms with Crippen molar-refractivity contribution in [3.05, 3.63) is 34.3 Å². The molecule has 1 heterocycles. The van der Waals surface area contributed by atoms with Gasteiger partial charge in [0, 0.05) is 16.6 Å². The molecule has 0 bridgehead atoms. The lowest BCUT2D eigenvalue weighted by atomic mass is 10.1. The molecule has 1 aliphatic heterocycles. The molecule has 5 nitrogen and oxygen atoms in total. The van der Waals surface area contributed by atoms with E-state index in [1.165, 1.54) is 0 Å². The monoisotopic (exact) mass is 326 g/mol. The second-order valence-corrected chi connectivity index (χ2v) is 5.31. The number of hydrogen-bond donors (Lipinski definition) is 1. The Bertz CT molecular complexity index is 493. The smallest absolute Gasteiger partial charge is 0.237 e. The topological polar surface area (TPSA) is 72.6 Å². The van der Waals surface area contributed by atoms with Crippen LogP contribution in [-0.4, -0.2) is 48.9 Å². The second kappa shape index (κ2) is 6.27. The van der Waals surface area contributed by atoms with Gasteiger partial charge in [-0.3, -0.25) is 14.5 Å². The molecular weight excluding hydrogens is 312 g/mol. The summed E-state index contributed by atoms with van der Waals surface area (Å²) in [5, 5.41) is 0. The average molecular weight is 327 g/mol. The van der Waals surface area contributed by atoms with E-state index in [4.69, 9.17) is 10.5 Å². The number of ether oxygens (including phenoxy) is 1. The molecule has 0 radical (unpaired) electrons. The van der Waals surface area contributed by atoms with Crippen LogP contribution in [-0.2, 0) is 9.53 Å². The summed E-state index contributed by atoms with van der Waals surface area (Å²) < 4.78 is 6.07. The first-order valence-corrected chi connectivity index (χ1v) is 6.77. The molecule has 6 heteroatoms. The standard InChI is InChI=1S/C13H15BrN2O3/c14-10-3-1-2-9(6-10)12(17)7-16-4-5-19-8-11(16)13(15)18/h1-3,6,11H,4-5,7-8H2,(H2,15,18). The van der Waals surface area contributed by atoms with Crippen molar-refractivity contribution < 1.29 is 14.3 Å². The highest BCUT2D eigenvalue weighted by Gasteiger charge is 2.29. The summed E-state index contributed by atoms with van der Waals surface area (Å²) in [5.41, 5.74) is 5.93. The van der Waals surface area contributed by atoms with Gasteiger partial charge in [-0.15, -0.1) is 0 Å². The lowest BCUT2D eigenvalue weighted by Gasteiger charge is -2.32. The van der Waals surface area contributed by atoms with Crippen LogP contribution in [0.25, 0.3) is 0 Å². The number of Topliss-reactive ketones (excluding diaryl/α,β-unsaturated/α-hetero) is 1. The van der Waals surface area contributed by atoms with Crippen molar-refractivity contribution in [3.8, 4) is 0 Å². The highest BCUT2D eigenvalue weighted by atomic mass is 79.9. The van der Waals surface area contributed by atoms with Crippen LogP contribution in [0, 0.1) is 0 Å². The highest BCUT2D eigenvalue weighted by molar-refractivity contribution is 9.10. The van der Waals surface area contributed by atoms with Gasteiger partial charge in [0.15, 0.2) is 5.78 Å². The van der Waals surface area contributed by atoms with Crippen molar-refractivity contribution in [1.82, 2.24) is 4.90 Å². The van der Waals surface area contributed by atoms with Gasteiger partial charge in [0.25, 0.3) is 0 Å². The molecule has 0 aliphatic carbocycles. The minimum absolute atomic E-state index is 0.0329. The molecule has 1 aromatic carbocycles. The van der Waals surface area contributed by atoms with E-state index in [1.54, 1.807) is 17.0 Å². The summed E-state index contributed by atoms with van der Waals surface area (Å²) >= 11 is 3.33. The number of nitrogens with two attached hydrogens (primary N) is 1. The summed E-state index contributed by atoms with van der Waals surface area (Å²) in [5.74, 6) is -0.490. The van der Waals surface area contributed by atoms with E-state index in [2.05, 4.69) is 15.9 Å². The molecule has 1 aromatic rings. The van der Waals surface area contributed by atoms with Gasteiger partial charge >= 0.3 is 0 Å². The fourth-order valence-electron chi connectivity index (χ4n) is 2.03. The third-order valence-corrected chi connectivity index (χ3v) is 3.55. The van der Waals surface area contributed by atoms with Crippen LogP contribution in [0.15, 0.2) is 28.7 Å². The van der Waals surface area contributed by atoms with E-state index in [0.717, 1.165) is 4.47 Å². The van der Waals surface area contributed by atoms with Crippen LogP contribution < -0.4 is 5.73 Å². The predicted molar refractivity (Wildman–Crippen MR) is 73.8 cm³/mol. The number of primary amides is 1. The number of morpholine rings is 1. The number of benzene rings is 1. The zero-order chi connectivity index (χ0) is 13.8. The highest BCUT2D eigenvalue weighted by Crippen LogP contribution is 2.14. The fraction of sp³-hybridized carbons (Fsp3) is 0.385. The molecule has 102 valence electrons. The van der Waals surface area contributed by atoms with Crippen molar-refractivity contribution in [2.24, 2.45) is 5.73 Å². The van der Waals surface area contributed by atoms with Crippen LogP contribution in [0.3, 0.4) is 0 Å². The van der Waals surface area contributed by atoms with Gasteiger partial charge in [0.2, 0.25) is 5.91 Å². The largest absolute Gasteiger partial charge is 0.378 e. The van der Waals surface area contributed by atoms with Gasteiger partial charge in [0.05, 0.1) is 19.8 Å². The fourth-order valence-corrected chi connectivity index (χ4v) is 2.43. The summed E-state index contributed by atoms with van der Waals surface area (Å²) in [4.78, 5) is 25.3. The lowest BCUT2D eigenvalue weighted by molar-refractivity contribution is -0.128. The van der Waals surface area contributed by atoms with E-state index >= 15 is 0 Å². The molecule has 1 unspecified atom stereocenters. The Kier molecular flexibility index (Phi) is 4.68. The maximum absolute atomic E-state index is 12.2. The maximum Gasteiger partial charge on any atom is 0.237 e. The molecule has 1 aliphatic rings. The quantitative estimate of drug-likeness (QED) is 0.831. The molecule has 19 heavy (non-hydrogen) atoms. The van der Waals surface area contributed by atoms with Crippen molar-refractivity contribution >= 4 is 27.6 Å². The Labute approximate surface area is 119 Å². The third kappa shape index (κ3) is 3.62. The SMILES string of the molecule is NC(=O)C1COCCN1CC(=O)c1cccc(Br)c1. The Hall–Kier alpha value is -1.24. The van der Waals surface area contributed by atoms with Crippen LogP contribution in [0.4, 0.5) is 0 Å². The zero-order valence-corrected chi connectivity index (χ0v) is 11.9. The van der Waals surface area contributed by atoms with Crippen molar-refractivity contribution in [3.63, 3.8) is 0 Å². The van der Waals surface area contributed by atoms with E-state index in [9.17, 15) is 9.59 Å². The molecular formula is C13H15BrN2O3. The number of carbonyl (C=O) groups excluding carboxylic acids is 2. The van der Waals surface area contributed by atoms with Gasteiger partial charge in [-0.05, 0) is 12.1 Å². The van der Waals surface area contributed by atoms with E-state index in [0.29, 0.717) is 18.7 Å². The van der Waals surface area contributed by atoms with Gasteiger partial charge < -0.3 is 10.5 Å². The number of rotatable bonds is 4. The Morgan fingerprint density at radius 2 is 2.26 bits per heavy atom. The average Bonchev–Trinajstić information content (AvgIpc) is 2.39. The van der Waals surface area contributed by atoms with E-state index in [1.807, 2.05) is 12.1 Å². The Balaban J connectivity index is 2.07. The normalized spacial score (nSPS) is 20.2. The summed E-state index contributed by atoms with van der Waals surface area (Å²) in [6.07, 6.45) is 0. The lowest BCUT2D eigenvalue weighted by Crippen LogP contribution is -2.53. The first kappa shape index (κ1) is 14.2. The third-order valence-electron chi connectivity index (χ3n) is 3.06. The van der Waals surface area contributed by atoms with E-state index < -0.39 is 11.9 Å². The van der Waals surface area contributed by atoms with Crippen molar-refractivity contribution in [2.75, 3.05) is 26.3 Å². The maximum atomic E-state index is 12.2. The molecule has 2 rings (SSSR count). The minimum atomic E-state index is -0.523. The molecule has 1 amide bonds. The van der Waals surface area contributed by atoms with Gasteiger partial charge in [-0.1, -0.05) is 28.1 Å². The second-order valence-electron chi connectivity index (χ2n) is 4.40.